The molecule has 176 valence electrons. The first-order chi connectivity index (χ1) is 16.4. The highest BCUT2D eigenvalue weighted by atomic mass is 35.5. The largest absolute Gasteiger partial charge is 0.493 e. The molecule has 1 N–H and O–H groups in total. The van der Waals surface area contributed by atoms with Crippen molar-refractivity contribution >= 4 is 64.1 Å². The van der Waals surface area contributed by atoms with Crippen molar-refractivity contribution in [2.75, 3.05) is 19.0 Å². The van der Waals surface area contributed by atoms with Crippen molar-refractivity contribution in [2.24, 2.45) is 0 Å². The molecule has 7 nitrogen and oxygen atoms in total. The number of thiol groups is 1. The maximum atomic E-state index is 14.6. The molecule has 0 saturated heterocycles. The number of amides is 1. The Morgan fingerprint density at radius 2 is 2.12 bits per heavy atom. The summed E-state index contributed by atoms with van der Waals surface area (Å²) >= 11 is 15.7. The lowest BCUT2D eigenvalue weighted by molar-refractivity contribution is -0.124. The maximum absolute atomic E-state index is 14.6. The maximum Gasteiger partial charge on any atom is 0.250 e. The first kappa shape index (κ1) is 24.1. The third kappa shape index (κ3) is 5.06. The summed E-state index contributed by atoms with van der Waals surface area (Å²) in [6.07, 6.45) is 6.50. The number of ether oxygens (including phenoxy) is 2. The number of rotatable bonds is 6. The van der Waals surface area contributed by atoms with Crippen LogP contribution in [0.1, 0.15) is 6.42 Å². The quantitative estimate of drug-likeness (QED) is 0.244. The molecule has 1 aliphatic rings. The molecule has 0 spiro atoms. The number of aromatic nitrogens is 2. The average molecular weight is 521 g/mol. The summed E-state index contributed by atoms with van der Waals surface area (Å²) in [6.45, 7) is 0.487. The third-order valence-electron chi connectivity index (χ3n) is 5.12. The second-order valence-electron chi connectivity index (χ2n) is 7.22. The first-order valence-corrected chi connectivity index (χ1v) is 11.4. The van der Waals surface area contributed by atoms with Gasteiger partial charge in [-0.1, -0.05) is 23.2 Å². The van der Waals surface area contributed by atoms with Crippen molar-refractivity contribution in [3.63, 3.8) is 0 Å². The van der Waals surface area contributed by atoms with Gasteiger partial charge in [0.05, 0.1) is 28.4 Å². The highest BCUT2D eigenvalue weighted by molar-refractivity contribution is 7.83. The van der Waals surface area contributed by atoms with Crippen LogP contribution in [0.5, 0.6) is 11.5 Å². The van der Waals surface area contributed by atoms with Gasteiger partial charge >= 0.3 is 0 Å². The fourth-order valence-corrected chi connectivity index (χ4v) is 3.84. The van der Waals surface area contributed by atoms with E-state index in [0.717, 1.165) is 0 Å². The smallest absolute Gasteiger partial charge is 0.250 e. The molecule has 4 rings (SSSR count). The molecule has 2 aromatic carbocycles. The minimum absolute atomic E-state index is 0.111. The van der Waals surface area contributed by atoms with Crippen LogP contribution in [0.3, 0.4) is 0 Å². The molecule has 1 aliphatic heterocycles. The van der Waals surface area contributed by atoms with Crippen molar-refractivity contribution in [3.05, 3.63) is 70.2 Å². The molecular formula is C23H19Cl2FN4O3S. The number of carbonyl (C=O) groups excluding carboxylic acids is 1. The first-order valence-electron chi connectivity index (χ1n) is 10.1. The Balaban J connectivity index is 1.64. The van der Waals surface area contributed by atoms with E-state index in [4.69, 9.17) is 32.7 Å². The summed E-state index contributed by atoms with van der Waals surface area (Å²) in [5.74, 6) is 0.430. The zero-order valence-electron chi connectivity index (χ0n) is 17.8. The van der Waals surface area contributed by atoms with Crippen LogP contribution in [0, 0.1) is 5.82 Å². The molecule has 0 unspecified atom stereocenters. The van der Waals surface area contributed by atoms with E-state index >= 15 is 0 Å². The summed E-state index contributed by atoms with van der Waals surface area (Å²) in [5, 5.41) is 4.86. The van der Waals surface area contributed by atoms with Crippen molar-refractivity contribution < 1.29 is 18.7 Å². The van der Waals surface area contributed by atoms with E-state index in [1.165, 1.54) is 37.1 Å². The van der Waals surface area contributed by atoms with Gasteiger partial charge in [0.1, 0.15) is 18.2 Å². The Morgan fingerprint density at radius 1 is 1.29 bits per heavy atom. The fourth-order valence-electron chi connectivity index (χ4n) is 3.41. The molecule has 0 bridgehead atoms. The number of halogens is 3. The van der Waals surface area contributed by atoms with Crippen molar-refractivity contribution in [2.45, 2.75) is 12.5 Å². The summed E-state index contributed by atoms with van der Waals surface area (Å²) in [6, 6.07) is 6.40. The van der Waals surface area contributed by atoms with Crippen LogP contribution >= 0.6 is 35.8 Å². The highest BCUT2D eigenvalue weighted by Gasteiger charge is 2.21. The zero-order chi connectivity index (χ0) is 24.2. The Hall–Kier alpha value is -3.01. The molecule has 0 saturated carbocycles. The Bertz CT molecular complexity index is 1300. The van der Waals surface area contributed by atoms with Gasteiger partial charge in [0.25, 0.3) is 5.91 Å². The van der Waals surface area contributed by atoms with Crippen LogP contribution in [-0.4, -0.2) is 40.5 Å². The summed E-state index contributed by atoms with van der Waals surface area (Å²) in [4.78, 5) is 22.1. The van der Waals surface area contributed by atoms with Crippen LogP contribution in [0.2, 0.25) is 10.0 Å². The van der Waals surface area contributed by atoms with Gasteiger partial charge in [0.15, 0.2) is 17.3 Å². The normalized spacial score (nSPS) is 15.7. The van der Waals surface area contributed by atoms with E-state index in [1.807, 2.05) is 0 Å². The number of anilines is 2. The van der Waals surface area contributed by atoms with Gasteiger partial charge in [-0.2, -0.15) is 12.6 Å². The van der Waals surface area contributed by atoms with Crippen LogP contribution in [0.4, 0.5) is 15.9 Å². The number of nitrogens with zero attached hydrogens (tertiary/aromatic N) is 3. The van der Waals surface area contributed by atoms with Gasteiger partial charge in [-0.15, -0.1) is 0 Å². The lowest BCUT2D eigenvalue weighted by atomic mass is 10.1. The van der Waals surface area contributed by atoms with Gasteiger partial charge in [-0.25, -0.2) is 14.4 Å². The molecule has 0 aliphatic carbocycles. The second-order valence-corrected chi connectivity index (χ2v) is 8.31. The predicted octanol–water partition coefficient (Wildman–Crippen LogP) is 5.76. The number of carbonyl (C=O) groups is 1. The lowest BCUT2D eigenvalue weighted by Crippen LogP contribution is -2.33. The number of methoxy groups -OCH3 is 1. The standard InChI is InChI=1S/C23H19Cl2FN4O3S/c1-32-18-11-17-14(10-19(18)33-13-4-7-30(8-5-13)20(31)6-9-34)23(28-12-27-17)29-16-3-2-15(24)21(25)22(16)26/h2-4,6-7,9-13,34H,5,8H2,1H3,(H,27,28,29)/b9-6+/t13-/m0/s1. The Labute approximate surface area is 210 Å². The number of fused-ring (bicyclic) bond motifs is 1. The molecule has 0 radical (unpaired) electrons. The van der Waals surface area contributed by atoms with E-state index in [0.29, 0.717) is 41.2 Å². The zero-order valence-corrected chi connectivity index (χ0v) is 20.2. The van der Waals surface area contributed by atoms with Gasteiger partial charge < -0.3 is 19.7 Å². The number of benzene rings is 2. The van der Waals surface area contributed by atoms with E-state index in [1.54, 1.807) is 29.3 Å². The van der Waals surface area contributed by atoms with E-state index in [2.05, 4.69) is 27.9 Å². The summed E-state index contributed by atoms with van der Waals surface area (Å²) in [5.41, 5.74) is 0.680. The molecule has 1 aromatic heterocycles. The number of hydrogen-bond donors (Lipinski definition) is 2. The average Bonchev–Trinajstić information content (AvgIpc) is 2.85. The van der Waals surface area contributed by atoms with Crippen LogP contribution in [0.15, 0.2) is 54.4 Å². The molecule has 11 heteroatoms. The van der Waals surface area contributed by atoms with Crippen molar-refractivity contribution in [1.29, 1.82) is 0 Å². The predicted molar refractivity (Wildman–Crippen MR) is 134 cm³/mol. The minimum Gasteiger partial charge on any atom is -0.493 e. The highest BCUT2D eigenvalue weighted by Crippen LogP contribution is 2.37. The third-order valence-corrected chi connectivity index (χ3v) is 6.05. The lowest BCUT2D eigenvalue weighted by Gasteiger charge is -2.26. The van der Waals surface area contributed by atoms with Crippen LogP contribution in [-0.2, 0) is 4.79 Å². The molecule has 0 fully saturated rings. The van der Waals surface area contributed by atoms with Gasteiger partial charge in [-0.3, -0.25) is 4.79 Å². The fraction of sp³-hybridized carbons (Fsp3) is 0.174. The topological polar surface area (TPSA) is 76.6 Å². The SMILES string of the molecule is COc1cc2ncnc(Nc3ccc(Cl)c(Cl)c3F)c2cc1O[C@H]1C=CN(C(=O)/C=C/S)CC1. The Morgan fingerprint density at radius 3 is 2.82 bits per heavy atom. The monoisotopic (exact) mass is 520 g/mol. The van der Waals surface area contributed by atoms with Crippen LogP contribution in [0.25, 0.3) is 10.9 Å². The molecule has 1 amide bonds. The Kier molecular flexibility index (Phi) is 7.45. The number of hydrogen-bond acceptors (Lipinski definition) is 7. The van der Waals surface area contributed by atoms with Gasteiger partial charge in [0, 0.05) is 36.7 Å². The van der Waals surface area contributed by atoms with Crippen LogP contribution < -0.4 is 14.8 Å². The van der Waals surface area contributed by atoms with Gasteiger partial charge in [-0.05, 0) is 29.7 Å². The second kappa shape index (κ2) is 10.5. The minimum atomic E-state index is -0.690. The van der Waals surface area contributed by atoms with E-state index in [-0.39, 0.29) is 27.7 Å². The van der Waals surface area contributed by atoms with Crippen molar-refractivity contribution in [1.82, 2.24) is 14.9 Å². The van der Waals surface area contributed by atoms with Crippen molar-refractivity contribution in [3.8, 4) is 11.5 Å². The summed E-state index contributed by atoms with van der Waals surface area (Å²) < 4.78 is 26.2. The molecule has 3 aromatic rings. The number of nitrogens with one attached hydrogen (secondary N) is 1. The van der Waals surface area contributed by atoms with E-state index in [9.17, 15) is 9.18 Å². The molecular weight excluding hydrogens is 502 g/mol. The molecule has 34 heavy (non-hydrogen) atoms. The molecule has 2 heterocycles. The van der Waals surface area contributed by atoms with E-state index < -0.39 is 5.82 Å². The summed E-state index contributed by atoms with van der Waals surface area (Å²) in [7, 11) is 1.53. The van der Waals surface area contributed by atoms with Gasteiger partial charge in [0.2, 0.25) is 0 Å². The molecule has 1 atom stereocenters.